The molecule has 12 heteroatoms. The van der Waals surface area contributed by atoms with E-state index in [4.69, 9.17) is 11.6 Å². The molecule has 1 amide bonds. The Balaban J connectivity index is 1.57. The maximum atomic E-state index is 13.2. The quantitative estimate of drug-likeness (QED) is 0.336. The minimum atomic E-state index is -3.67. The lowest BCUT2D eigenvalue weighted by Gasteiger charge is -2.30. The molecule has 3 aliphatic rings. The molecular weight excluding hydrogens is 540 g/mol. The summed E-state index contributed by atoms with van der Waals surface area (Å²) in [7, 11) is -7.04. The third-order valence-corrected chi connectivity index (χ3v) is 11.0. The molecule has 0 spiro atoms. The van der Waals surface area contributed by atoms with Crippen LogP contribution in [0.3, 0.4) is 0 Å². The van der Waals surface area contributed by atoms with Gasteiger partial charge in [-0.3, -0.25) is 9.59 Å². The Morgan fingerprint density at radius 2 is 1.59 bits per heavy atom. The summed E-state index contributed by atoms with van der Waals surface area (Å²) in [6.07, 6.45) is 1.78. The summed E-state index contributed by atoms with van der Waals surface area (Å²) in [6.45, 7) is 0.900. The summed E-state index contributed by atoms with van der Waals surface area (Å²) in [5, 5.41) is 11.7. The molecule has 2 atom stereocenters. The Hall–Kier alpha value is -2.73. The van der Waals surface area contributed by atoms with E-state index in [1.807, 2.05) is 0 Å². The highest BCUT2D eigenvalue weighted by Gasteiger charge is 2.51. The van der Waals surface area contributed by atoms with Crippen molar-refractivity contribution in [3.63, 3.8) is 0 Å². The smallest absolute Gasteiger partial charge is 0.295 e. The highest BCUT2D eigenvalue weighted by atomic mass is 35.5. The standard InChI is InChI=1S/C25H25ClN2O7S2/c26-18-7-3-16(4-8-18)22-21(24(30)25(31)28(22)19-11-14-36(32,33)15-19)23(29)17-5-9-20(10-6-17)37(34,35)27-12-1-2-13-27/h3-10,19,22,29H,1-2,11-15H2/b23-21-. The zero-order chi connectivity index (χ0) is 26.5. The van der Waals surface area contributed by atoms with Crippen LogP contribution in [0.5, 0.6) is 0 Å². The summed E-state index contributed by atoms with van der Waals surface area (Å²) in [6, 6.07) is 10.2. The largest absolute Gasteiger partial charge is 0.507 e. The number of carbonyl (C=O) groups excluding carboxylic acids is 2. The molecule has 5 rings (SSSR count). The van der Waals surface area contributed by atoms with E-state index in [-0.39, 0.29) is 34.0 Å². The van der Waals surface area contributed by atoms with Gasteiger partial charge in [0, 0.05) is 29.7 Å². The van der Waals surface area contributed by atoms with Crippen LogP contribution in [-0.2, 0) is 29.4 Å². The molecule has 0 aromatic heterocycles. The average molecular weight is 565 g/mol. The molecular formula is C25H25ClN2O7S2. The van der Waals surface area contributed by atoms with E-state index in [0.717, 1.165) is 12.8 Å². The van der Waals surface area contributed by atoms with Gasteiger partial charge in [0.2, 0.25) is 10.0 Å². The third kappa shape index (κ3) is 4.69. The first-order valence-electron chi connectivity index (χ1n) is 11.9. The number of aliphatic hydroxyl groups excluding tert-OH is 1. The van der Waals surface area contributed by atoms with Crippen LogP contribution in [0, 0.1) is 0 Å². The highest BCUT2D eigenvalue weighted by molar-refractivity contribution is 7.91. The van der Waals surface area contributed by atoms with Gasteiger partial charge < -0.3 is 10.0 Å². The molecule has 0 bridgehead atoms. The van der Waals surface area contributed by atoms with Gasteiger partial charge in [-0.05, 0) is 61.2 Å². The molecule has 2 aromatic carbocycles. The first-order chi connectivity index (χ1) is 17.5. The number of halogens is 1. The van der Waals surface area contributed by atoms with Crippen molar-refractivity contribution in [2.75, 3.05) is 24.6 Å². The van der Waals surface area contributed by atoms with Crippen LogP contribution in [0.15, 0.2) is 59.0 Å². The van der Waals surface area contributed by atoms with Gasteiger partial charge in [0.15, 0.2) is 9.84 Å². The lowest BCUT2D eigenvalue weighted by molar-refractivity contribution is -0.141. The monoisotopic (exact) mass is 564 g/mol. The number of likely N-dealkylation sites (tertiary alicyclic amines) is 1. The summed E-state index contributed by atoms with van der Waals surface area (Å²) in [5.41, 5.74) is 0.464. The maximum absolute atomic E-state index is 13.2. The Labute approximate surface area is 220 Å². The van der Waals surface area contributed by atoms with Gasteiger partial charge in [0.1, 0.15) is 5.76 Å². The Bertz CT molecular complexity index is 1500. The molecule has 3 fully saturated rings. The minimum Gasteiger partial charge on any atom is -0.507 e. The number of nitrogens with zero attached hydrogens (tertiary/aromatic N) is 2. The van der Waals surface area contributed by atoms with Crippen LogP contribution in [-0.4, -0.2) is 73.5 Å². The number of sulfone groups is 1. The van der Waals surface area contributed by atoms with Crippen molar-refractivity contribution in [1.82, 2.24) is 9.21 Å². The number of rotatable bonds is 5. The Kier molecular flexibility index (Phi) is 6.68. The zero-order valence-electron chi connectivity index (χ0n) is 19.7. The van der Waals surface area contributed by atoms with E-state index >= 15 is 0 Å². The summed E-state index contributed by atoms with van der Waals surface area (Å²) in [5.74, 6) is -2.66. The van der Waals surface area contributed by atoms with Gasteiger partial charge in [0.25, 0.3) is 11.7 Å². The summed E-state index contributed by atoms with van der Waals surface area (Å²) >= 11 is 6.03. The molecule has 0 saturated carbocycles. The van der Waals surface area contributed by atoms with E-state index in [1.165, 1.54) is 33.5 Å². The molecule has 2 unspecified atom stereocenters. The van der Waals surface area contributed by atoms with Gasteiger partial charge in [-0.1, -0.05) is 23.7 Å². The average Bonchev–Trinajstić information content (AvgIpc) is 3.59. The van der Waals surface area contributed by atoms with Gasteiger partial charge in [0.05, 0.1) is 28.0 Å². The molecule has 0 aliphatic carbocycles. The number of hydrogen-bond acceptors (Lipinski definition) is 7. The van der Waals surface area contributed by atoms with Crippen LogP contribution in [0.25, 0.3) is 5.76 Å². The topological polar surface area (TPSA) is 129 Å². The SMILES string of the molecule is O=C1C(=O)N(C2CCS(=O)(=O)C2)C(c2ccc(Cl)cc2)/C1=C(/O)c1ccc(S(=O)(=O)N2CCCC2)cc1. The fourth-order valence-electron chi connectivity index (χ4n) is 5.21. The fraction of sp³-hybridized carbons (Fsp3) is 0.360. The van der Waals surface area contributed by atoms with Gasteiger partial charge in [-0.15, -0.1) is 0 Å². The Morgan fingerprint density at radius 3 is 2.16 bits per heavy atom. The van der Waals surface area contributed by atoms with Crippen LogP contribution in [0.1, 0.15) is 36.4 Å². The number of carbonyl (C=O) groups is 2. The molecule has 3 aliphatic heterocycles. The zero-order valence-corrected chi connectivity index (χ0v) is 22.1. The summed E-state index contributed by atoms with van der Waals surface area (Å²) in [4.78, 5) is 27.7. The maximum Gasteiger partial charge on any atom is 0.295 e. The van der Waals surface area contributed by atoms with E-state index < -0.39 is 49.4 Å². The Morgan fingerprint density at radius 1 is 0.973 bits per heavy atom. The predicted octanol–water partition coefficient (Wildman–Crippen LogP) is 2.73. The number of amides is 1. The van der Waals surface area contributed by atoms with Crippen molar-refractivity contribution in [3.8, 4) is 0 Å². The number of Topliss-reactive ketones (excluding diaryl/α,β-unsaturated/α-hetero) is 1. The first kappa shape index (κ1) is 25.9. The molecule has 3 saturated heterocycles. The third-order valence-electron chi connectivity index (χ3n) is 7.10. The number of sulfonamides is 1. The van der Waals surface area contributed by atoms with Gasteiger partial charge in [-0.2, -0.15) is 4.31 Å². The van der Waals surface area contributed by atoms with Crippen molar-refractivity contribution in [1.29, 1.82) is 0 Å². The minimum absolute atomic E-state index is 0.0665. The molecule has 196 valence electrons. The second kappa shape index (κ2) is 9.54. The summed E-state index contributed by atoms with van der Waals surface area (Å²) < 4.78 is 51.5. The molecule has 9 nitrogen and oxygen atoms in total. The normalized spacial score (nSPS) is 25.7. The van der Waals surface area contributed by atoms with Crippen molar-refractivity contribution in [3.05, 3.63) is 70.3 Å². The lowest BCUT2D eigenvalue weighted by Crippen LogP contribution is -2.40. The van der Waals surface area contributed by atoms with E-state index in [2.05, 4.69) is 0 Å². The van der Waals surface area contributed by atoms with Crippen LogP contribution in [0.2, 0.25) is 5.02 Å². The second-order valence-electron chi connectivity index (χ2n) is 9.45. The van der Waals surface area contributed by atoms with Crippen molar-refractivity contribution in [2.45, 2.75) is 36.2 Å². The van der Waals surface area contributed by atoms with Crippen molar-refractivity contribution >= 4 is 48.9 Å². The second-order valence-corrected chi connectivity index (χ2v) is 14.1. The number of ketones is 1. The fourth-order valence-corrected chi connectivity index (χ4v) is 8.57. The lowest BCUT2D eigenvalue weighted by atomic mass is 9.95. The molecule has 3 heterocycles. The van der Waals surface area contributed by atoms with Gasteiger partial charge in [-0.25, -0.2) is 16.8 Å². The number of hydrogen-bond donors (Lipinski definition) is 1. The van der Waals surface area contributed by atoms with Crippen LogP contribution in [0.4, 0.5) is 0 Å². The number of benzene rings is 2. The van der Waals surface area contributed by atoms with Crippen LogP contribution < -0.4 is 0 Å². The molecule has 37 heavy (non-hydrogen) atoms. The molecule has 1 N–H and O–H groups in total. The highest BCUT2D eigenvalue weighted by Crippen LogP contribution is 2.42. The van der Waals surface area contributed by atoms with Gasteiger partial charge >= 0.3 is 0 Å². The molecule has 0 radical (unpaired) electrons. The predicted molar refractivity (Wildman–Crippen MR) is 137 cm³/mol. The van der Waals surface area contributed by atoms with Crippen molar-refractivity contribution in [2.24, 2.45) is 0 Å². The van der Waals surface area contributed by atoms with Crippen LogP contribution >= 0.6 is 11.6 Å². The van der Waals surface area contributed by atoms with Crippen molar-refractivity contribution < 1.29 is 31.5 Å². The number of aliphatic hydroxyl groups is 1. The van der Waals surface area contributed by atoms with E-state index in [9.17, 15) is 31.5 Å². The van der Waals surface area contributed by atoms with E-state index in [0.29, 0.717) is 23.7 Å². The first-order valence-corrected chi connectivity index (χ1v) is 15.5. The van der Waals surface area contributed by atoms with E-state index in [1.54, 1.807) is 24.3 Å². The molecule has 2 aromatic rings.